The van der Waals surface area contributed by atoms with E-state index >= 15 is 0 Å². The number of anilines is 2. The van der Waals surface area contributed by atoms with E-state index in [4.69, 9.17) is 27.9 Å². The number of nitriles is 1. The van der Waals surface area contributed by atoms with E-state index in [2.05, 4.69) is 10.6 Å². The lowest BCUT2D eigenvalue weighted by molar-refractivity contribution is -0.118. The maximum Gasteiger partial charge on any atom is 0.266 e. The van der Waals surface area contributed by atoms with Gasteiger partial charge in [0.05, 0.1) is 5.02 Å². The van der Waals surface area contributed by atoms with Crippen LogP contribution in [-0.2, 0) is 9.59 Å². The average Bonchev–Trinajstić information content (AvgIpc) is 2.80. The van der Waals surface area contributed by atoms with Crippen molar-refractivity contribution in [2.75, 3.05) is 17.2 Å². The molecule has 0 atom stereocenters. The molecule has 172 valence electrons. The normalized spacial score (nSPS) is 10.9. The maximum atomic E-state index is 12.4. The fourth-order valence-corrected chi connectivity index (χ4v) is 3.31. The molecule has 6 nitrogen and oxygen atoms in total. The maximum absolute atomic E-state index is 12.4. The van der Waals surface area contributed by atoms with Gasteiger partial charge in [-0.3, -0.25) is 9.59 Å². The molecule has 0 spiro atoms. The first kappa shape index (κ1) is 24.8. The summed E-state index contributed by atoms with van der Waals surface area (Å²) in [6, 6.07) is 19.1. The highest BCUT2D eigenvalue weighted by Crippen LogP contribution is 2.27. The molecule has 0 aliphatic carbocycles. The summed E-state index contributed by atoms with van der Waals surface area (Å²) in [4.78, 5) is 24.6. The summed E-state index contributed by atoms with van der Waals surface area (Å²) in [6.45, 7) is 3.55. The summed E-state index contributed by atoms with van der Waals surface area (Å²) >= 11 is 12.3. The molecule has 3 aromatic carbocycles. The second-order valence-electron chi connectivity index (χ2n) is 7.48. The van der Waals surface area contributed by atoms with E-state index in [1.165, 1.54) is 6.08 Å². The van der Waals surface area contributed by atoms with E-state index < -0.39 is 5.91 Å². The van der Waals surface area contributed by atoms with Crippen LogP contribution in [0, 0.1) is 25.2 Å². The smallest absolute Gasteiger partial charge is 0.266 e. The molecule has 3 aromatic rings. The van der Waals surface area contributed by atoms with Gasteiger partial charge in [-0.05, 0) is 67.4 Å². The molecule has 3 rings (SSSR count). The monoisotopic (exact) mass is 493 g/mol. The van der Waals surface area contributed by atoms with Crippen LogP contribution in [0.15, 0.2) is 66.2 Å². The highest BCUT2D eigenvalue weighted by molar-refractivity contribution is 6.32. The average molecular weight is 494 g/mol. The minimum absolute atomic E-state index is 0.0820. The number of nitrogens with one attached hydrogen (secondary N) is 2. The van der Waals surface area contributed by atoms with Gasteiger partial charge in [-0.15, -0.1) is 0 Å². The Morgan fingerprint density at radius 2 is 1.65 bits per heavy atom. The van der Waals surface area contributed by atoms with Crippen molar-refractivity contribution in [2.45, 2.75) is 13.8 Å². The van der Waals surface area contributed by atoms with Crippen molar-refractivity contribution in [1.29, 1.82) is 5.26 Å². The van der Waals surface area contributed by atoms with Gasteiger partial charge in [0.25, 0.3) is 11.8 Å². The van der Waals surface area contributed by atoms with Gasteiger partial charge in [-0.2, -0.15) is 5.26 Å². The van der Waals surface area contributed by atoms with Crippen LogP contribution in [0.25, 0.3) is 6.08 Å². The number of amides is 2. The Balaban J connectivity index is 1.62. The molecule has 0 fully saturated rings. The zero-order valence-electron chi connectivity index (χ0n) is 18.5. The molecule has 0 bridgehead atoms. The van der Waals surface area contributed by atoms with E-state index in [1.54, 1.807) is 48.5 Å². The highest BCUT2D eigenvalue weighted by atomic mass is 35.5. The quantitative estimate of drug-likeness (QED) is 0.304. The molecule has 0 heterocycles. The van der Waals surface area contributed by atoms with Gasteiger partial charge in [-0.25, -0.2) is 0 Å². The molecule has 0 aliphatic rings. The minimum atomic E-state index is -0.532. The fraction of sp³-hybridized carbons (Fsp3) is 0.115. The van der Waals surface area contributed by atoms with E-state index in [9.17, 15) is 14.9 Å². The molecule has 2 amide bonds. The third-order valence-electron chi connectivity index (χ3n) is 4.76. The van der Waals surface area contributed by atoms with Crippen molar-refractivity contribution < 1.29 is 14.3 Å². The lowest BCUT2D eigenvalue weighted by Crippen LogP contribution is -2.20. The Labute approximate surface area is 207 Å². The molecule has 0 radical (unpaired) electrons. The third kappa shape index (κ3) is 6.85. The minimum Gasteiger partial charge on any atom is -0.482 e. The van der Waals surface area contributed by atoms with Crippen molar-refractivity contribution in [1.82, 2.24) is 0 Å². The molecule has 0 saturated heterocycles. The zero-order chi connectivity index (χ0) is 24.7. The van der Waals surface area contributed by atoms with Gasteiger partial charge >= 0.3 is 0 Å². The number of aryl methyl sites for hydroxylation is 2. The molecule has 0 aromatic heterocycles. The van der Waals surface area contributed by atoms with Crippen LogP contribution < -0.4 is 15.4 Å². The summed E-state index contributed by atoms with van der Waals surface area (Å²) in [5, 5.41) is 15.6. The van der Waals surface area contributed by atoms with Crippen LogP contribution in [0.3, 0.4) is 0 Å². The number of rotatable bonds is 7. The van der Waals surface area contributed by atoms with Gasteiger partial charge < -0.3 is 15.4 Å². The van der Waals surface area contributed by atoms with Crippen molar-refractivity contribution in [3.05, 3.63) is 93.0 Å². The Bertz CT molecular complexity index is 1300. The summed E-state index contributed by atoms with van der Waals surface area (Å²) in [7, 11) is 0. The van der Waals surface area contributed by atoms with Gasteiger partial charge in [0.1, 0.15) is 17.4 Å². The number of ether oxygens (including phenoxy) is 1. The molecule has 0 unspecified atom stereocenters. The van der Waals surface area contributed by atoms with Crippen LogP contribution >= 0.6 is 23.2 Å². The number of hydrogen-bond donors (Lipinski definition) is 2. The Morgan fingerprint density at radius 1 is 0.941 bits per heavy atom. The summed E-state index contributed by atoms with van der Waals surface area (Å²) in [5.74, 6) is -0.617. The number of carbonyl (C=O) groups is 2. The van der Waals surface area contributed by atoms with Crippen molar-refractivity contribution in [2.24, 2.45) is 0 Å². The van der Waals surface area contributed by atoms with E-state index in [0.717, 1.165) is 11.1 Å². The molecule has 8 heteroatoms. The van der Waals surface area contributed by atoms with E-state index in [-0.39, 0.29) is 23.1 Å². The first-order valence-electron chi connectivity index (χ1n) is 10.2. The molecule has 34 heavy (non-hydrogen) atoms. The lowest BCUT2D eigenvalue weighted by Gasteiger charge is -2.10. The van der Waals surface area contributed by atoms with Crippen molar-refractivity contribution in [3.63, 3.8) is 0 Å². The first-order chi connectivity index (χ1) is 16.2. The van der Waals surface area contributed by atoms with Gasteiger partial charge in [0.15, 0.2) is 6.61 Å². The molecule has 2 N–H and O–H groups in total. The summed E-state index contributed by atoms with van der Waals surface area (Å²) in [5.41, 5.74) is 3.56. The Hall–Kier alpha value is -3.79. The number of carbonyl (C=O) groups excluding carboxylic acids is 2. The topological polar surface area (TPSA) is 91.2 Å². The van der Waals surface area contributed by atoms with Crippen LogP contribution in [0.1, 0.15) is 16.7 Å². The SMILES string of the molecule is Cc1ccc(NC(=O)/C(C#N)=C\c2ccc(OCC(=O)Nc3ccc(C)c(Cl)c3)c(Cl)c2)cc1. The highest BCUT2D eigenvalue weighted by Gasteiger charge is 2.12. The van der Waals surface area contributed by atoms with Gasteiger partial charge in [0.2, 0.25) is 0 Å². The van der Waals surface area contributed by atoms with Crippen LogP contribution in [0.4, 0.5) is 11.4 Å². The predicted molar refractivity (Wildman–Crippen MR) is 135 cm³/mol. The fourth-order valence-electron chi connectivity index (χ4n) is 2.89. The second kappa shape index (κ2) is 11.4. The van der Waals surface area contributed by atoms with E-state index in [1.807, 2.05) is 32.0 Å². The zero-order valence-corrected chi connectivity index (χ0v) is 20.0. The van der Waals surface area contributed by atoms with Crippen molar-refractivity contribution in [3.8, 4) is 11.8 Å². The largest absolute Gasteiger partial charge is 0.482 e. The van der Waals surface area contributed by atoms with Crippen LogP contribution in [0.2, 0.25) is 10.0 Å². The number of hydrogen-bond acceptors (Lipinski definition) is 4. The predicted octanol–water partition coefficient (Wildman–Crippen LogP) is 6.17. The first-order valence-corrected chi connectivity index (χ1v) is 11.0. The van der Waals surface area contributed by atoms with Gasteiger partial charge in [-0.1, -0.05) is 53.0 Å². The summed E-state index contributed by atoms with van der Waals surface area (Å²) in [6.07, 6.45) is 1.42. The summed E-state index contributed by atoms with van der Waals surface area (Å²) < 4.78 is 5.51. The van der Waals surface area contributed by atoms with Gasteiger partial charge in [0, 0.05) is 16.4 Å². The van der Waals surface area contributed by atoms with Crippen LogP contribution in [0.5, 0.6) is 5.75 Å². The number of benzene rings is 3. The Morgan fingerprint density at radius 3 is 2.29 bits per heavy atom. The van der Waals surface area contributed by atoms with Crippen molar-refractivity contribution >= 4 is 52.5 Å². The number of halogens is 2. The standard InChI is InChI=1S/C26H21Cl2N3O3/c1-16-3-7-20(8-4-16)31-26(33)19(14-29)11-18-6-10-24(23(28)12-18)34-15-25(32)30-21-9-5-17(2)22(27)13-21/h3-13H,15H2,1-2H3,(H,30,32)(H,31,33)/b19-11-. The van der Waals surface area contributed by atoms with E-state index in [0.29, 0.717) is 27.7 Å². The second-order valence-corrected chi connectivity index (χ2v) is 8.30. The molecular formula is C26H21Cl2N3O3. The van der Waals surface area contributed by atoms with Crippen LogP contribution in [-0.4, -0.2) is 18.4 Å². The molecule has 0 aliphatic heterocycles. The molecular weight excluding hydrogens is 473 g/mol. The molecule has 0 saturated carbocycles. The number of nitrogens with zero attached hydrogens (tertiary/aromatic N) is 1. The third-order valence-corrected chi connectivity index (χ3v) is 5.46. The lowest BCUT2D eigenvalue weighted by atomic mass is 10.1. The Kier molecular flexibility index (Phi) is 8.31.